The highest BCUT2D eigenvalue weighted by molar-refractivity contribution is 7.96. The number of ether oxygens (including phenoxy) is 1. The molecular weight excluding hydrogens is 362 g/mol. The average Bonchev–Trinajstić information content (AvgIpc) is 2.78. The second-order valence-corrected chi connectivity index (χ2v) is 8.08. The number of hydrogen-bond acceptors (Lipinski definition) is 2. The molecule has 3 heteroatoms. The first-order valence-corrected chi connectivity index (χ1v) is 10.4. The van der Waals surface area contributed by atoms with Crippen molar-refractivity contribution in [2.24, 2.45) is 4.40 Å². The van der Waals surface area contributed by atoms with Crippen LogP contribution in [-0.2, 0) is 11.1 Å². The van der Waals surface area contributed by atoms with E-state index in [0.717, 1.165) is 38.1 Å². The van der Waals surface area contributed by atoms with E-state index in [-0.39, 0.29) is 0 Å². The van der Waals surface area contributed by atoms with Crippen LogP contribution in [0.5, 0.6) is 11.5 Å². The van der Waals surface area contributed by atoms with Crippen molar-refractivity contribution in [1.29, 1.82) is 0 Å². The Morgan fingerprint density at radius 3 is 1.46 bits per heavy atom. The summed E-state index contributed by atoms with van der Waals surface area (Å²) in [4.78, 5) is 2.23. The highest BCUT2D eigenvalue weighted by Gasteiger charge is 2.38. The molecule has 1 heterocycles. The Kier molecular flexibility index (Phi) is 4.43. The lowest BCUT2D eigenvalue weighted by atomic mass is 10.0. The Bertz CT molecular complexity index is 1050. The summed E-state index contributed by atoms with van der Waals surface area (Å²) >= 11 is -0.463. The van der Waals surface area contributed by atoms with Crippen LogP contribution in [0.1, 0.15) is 11.1 Å². The monoisotopic (exact) mass is 380 g/mol. The molecule has 0 aliphatic carbocycles. The van der Waals surface area contributed by atoms with Gasteiger partial charge in [0.25, 0.3) is 0 Å². The fraction of sp³-hybridized carbons (Fsp3) is 0. The van der Waals surface area contributed by atoms with Crippen molar-refractivity contribution in [3.63, 3.8) is 0 Å². The zero-order valence-electron chi connectivity index (χ0n) is 15.2. The standard InChI is InChI=1S/C25H18NOS/c1-3-11-19(12-4-1)25(20-13-5-2-6-14-20)26-28-23-17-9-7-15-21(23)27-22-16-8-10-18-24(22)28/h1-18H/q+1. The first-order chi connectivity index (χ1) is 13.9. The van der Waals surface area contributed by atoms with Gasteiger partial charge in [-0.1, -0.05) is 84.9 Å². The van der Waals surface area contributed by atoms with E-state index < -0.39 is 11.1 Å². The minimum atomic E-state index is -0.463. The number of benzene rings is 4. The van der Waals surface area contributed by atoms with E-state index in [1.165, 1.54) is 0 Å². The van der Waals surface area contributed by atoms with Gasteiger partial charge in [0, 0.05) is 23.3 Å². The Labute approximate surface area is 167 Å². The Balaban J connectivity index is 1.74. The zero-order valence-corrected chi connectivity index (χ0v) is 16.0. The number of nitrogens with zero attached hydrogens (tertiary/aromatic N) is 1. The van der Waals surface area contributed by atoms with Crippen LogP contribution >= 0.6 is 0 Å². The molecule has 0 radical (unpaired) electrons. The summed E-state index contributed by atoms with van der Waals surface area (Å²) in [6.07, 6.45) is 0. The lowest BCUT2D eigenvalue weighted by Crippen LogP contribution is -2.13. The maximum atomic E-state index is 6.14. The molecule has 0 unspecified atom stereocenters. The molecule has 4 aromatic carbocycles. The van der Waals surface area contributed by atoms with E-state index >= 15 is 0 Å². The van der Waals surface area contributed by atoms with Crippen molar-refractivity contribution in [2.75, 3.05) is 0 Å². The summed E-state index contributed by atoms with van der Waals surface area (Å²) in [5, 5.41) is 0. The second-order valence-electron chi connectivity index (χ2n) is 6.45. The van der Waals surface area contributed by atoms with E-state index in [4.69, 9.17) is 9.13 Å². The van der Waals surface area contributed by atoms with Gasteiger partial charge in [-0.05, 0) is 16.5 Å². The van der Waals surface area contributed by atoms with E-state index in [1.807, 2.05) is 36.4 Å². The number of fused-ring (bicyclic) bond motifs is 2. The van der Waals surface area contributed by atoms with Crippen LogP contribution in [0.2, 0.25) is 0 Å². The molecule has 0 spiro atoms. The third-order valence-corrected chi connectivity index (χ3v) is 6.48. The van der Waals surface area contributed by atoms with Crippen LogP contribution in [0.15, 0.2) is 123 Å². The normalized spacial score (nSPS) is 12.4. The number of rotatable bonds is 3. The lowest BCUT2D eigenvalue weighted by molar-refractivity contribution is 0.453. The maximum absolute atomic E-state index is 6.14. The van der Waals surface area contributed by atoms with Gasteiger partial charge in [0.1, 0.15) is 5.71 Å². The molecule has 0 N–H and O–H groups in total. The largest absolute Gasteiger partial charge is 0.447 e. The van der Waals surface area contributed by atoms with Crippen LogP contribution in [0.3, 0.4) is 0 Å². The fourth-order valence-corrected chi connectivity index (χ4v) is 5.12. The van der Waals surface area contributed by atoms with Crippen molar-refractivity contribution in [3.8, 4) is 11.5 Å². The van der Waals surface area contributed by atoms with E-state index in [9.17, 15) is 0 Å². The molecule has 0 amide bonds. The van der Waals surface area contributed by atoms with Gasteiger partial charge in [-0.25, -0.2) is 0 Å². The predicted octanol–water partition coefficient (Wildman–Crippen LogP) is 6.28. The Morgan fingerprint density at radius 1 is 0.536 bits per heavy atom. The molecule has 4 aromatic rings. The average molecular weight is 380 g/mol. The van der Waals surface area contributed by atoms with Gasteiger partial charge in [-0.15, -0.1) is 0 Å². The second kappa shape index (κ2) is 7.37. The summed E-state index contributed by atoms with van der Waals surface area (Å²) in [7, 11) is 0. The topological polar surface area (TPSA) is 21.6 Å². The van der Waals surface area contributed by atoms with Gasteiger partial charge in [0.15, 0.2) is 11.5 Å². The van der Waals surface area contributed by atoms with Crippen LogP contribution < -0.4 is 4.74 Å². The number of para-hydroxylation sites is 2. The molecule has 2 nitrogen and oxygen atoms in total. The van der Waals surface area contributed by atoms with Crippen molar-refractivity contribution < 1.29 is 4.74 Å². The molecule has 28 heavy (non-hydrogen) atoms. The fourth-order valence-electron chi connectivity index (χ4n) is 3.28. The molecule has 1 aliphatic rings. The van der Waals surface area contributed by atoms with Crippen molar-refractivity contribution in [3.05, 3.63) is 120 Å². The van der Waals surface area contributed by atoms with E-state index in [0.29, 0.717) is 0 Å². The minimum absolute atomic E-state index is 0.463. The third kappa shape index (κ3) is 3.10. The highest BCUT2D eigenvalue weighted by atomic mass is 32.2. The van der Waals surface area contributed by atoms with Crippen molar-refractivity contribution in [1.82, 2.24) is 0 Å². The van der Waals surface area contributed by atoms with Crippen molar-refractivity contribution in [2.45, 2.75) is 9.79 Å². The molecule has 134 valence electrons. The first kappa shape index (κ1) is 16.8. The highest BCUT2D eigenvalue weighted by Crippen LogP contribution is 2.44. The Hall–Kier alpha value is -3.30. The summed E-state index contributed by atoms with van der Waals surface area (Å²) in [6, 6.07) is 37.2. The Morgan fingerprint density at radius 2 is 0.964 bits per heavy atom. The molecule has 5 rings (SSSR count). The van der Waals surface area contributed by atoms with Crippen LogP contribution in [0.4, 0.5) is 0 Å². The molecule has 0 saturated carbocycles. The smallest absolute Gasteiger partial charge is 0.232 e. The van der Waals surface area contributed by atoms with Crippen LogP contribution in [0.25, 0.3) is 0 Å². The predicted molar refractivity (Wildman–Crippen MR) is 115 cm³/mol. The van der Waals surface area contributed by atoms with Crippen LogP contribution in [-0.4, -0.2) is 5.71 Å². The van der Waals surface area contributed by atoms with Gasteiger partial charge in [-0.3, -0.25) is 0 Å². The summed E-state index contributed by atoms with van der Waals surface area (Å²) in [5.41, 5.74) is 3.22. The summed E-state index contributed by atoms with van der Waals surface area (Å²) < 4.78 is 11.5. The quantitative estimate of drug-likeness (QED) is 0.303. The molecule has 0 atom stereocenters. The van der Waals surface area contributed by atoms with Crippen LogP contribution in [0, 0.1) is 0 Å². The maximum Gasteiger partial charge on any atom is 0.232 e. The minimum Gasteiger partial charge on any atom is -0.447 e. The third-order valence-electron chi connectivity index (χ3n) is 4.61. The SMILES string of the molecule is c1ccc(C(=N[S+]2c3ccccc3Oc3ccccc32)c2ccccc2)cc1. The number of hydrogen-bond donors (Lipinski definition) is 0. The summed E-state index contributed by atoms with van der Waals surface area (Å²) in [5.74, 6) is 1.77. The molecule has 0 fully saturated rings. The lowest BCUT2D eigenvalue weighted by Gasteiger charge is -2.17. The molecule has 0 bridgehead atoms. The van der Waals surface area contributed by atoms with Gasteiger partial charge in [-0.2, -0.15) is 0 Å². The molecule has 1 aliphatic heterocycles. The van der Waals surface area contributed by atoms with Gasteiger partial charge in [0.2, 0.25) is 20.9 Å². The van der Waals surface area contributed by atoms with Crippen molar-refractivity contribution >= 4 is 16.8 Å². The van der Waals surface area contributed by atoms with Gasteiger partial charge >= 0.3 is 0 Å². The molecule has 0 aromatic heterocycles. The molecular formula is C25H18NOS+. The van der Waals surface area contributed by atoms with Gasteiger partial charge in [0.05, 0.1) is 0 Å². The first-order valence-electron chi connectivity index (χ1n) is 9.20. The van der Waals surface area contributed by atoms with Gasteiger partial charge < -0.3 is 4.74 Å². The zero-order chi connectivity index (χ0) is 18.8. The van der Waals surface area contributed by atoms with E-state index in [2.05, 4.69) is 72.8 Å². The van der Waals surface area contributed by atoms with E-state index in [1.54, 1.807) is 0 Å². The molecule has 0 saturated heterocycles. The summed E-state index contributed by atoms with van der Waals surface area (Å²) in [6.45, 7) is 0.